The monoisotopic (exact) mass is 491 g/mol. The van der Waals surface area contributed by atoms with Gasteiger partial charge in [0.1, 0.15) is 0 Å². The van der Waals surface area contributed by atoms with Gasteiger partial charge in [0.2, 0.25) is 5.91 Å². The summed E-state index contributed by atoms with van der Waals surface area (Å²) in [6.45, 7) is 1.24. The van der Waals surface area contributed by atoms with Gasteiger partial charge in [0.25, 0.3) is 10.1 Å². The van der Waals surface area contributed by atoms with Crippen LogP contribution in [0.2, 0.25) is 5.02 Å². The second kappa shape index (κ2) is 9.59. The lowest BCUT2D eigenvalue weighted by molar-refractivity contribution is -0.137. The second-order valence-electron chi connectivity index (χ2n) is 6.46. The smallest absolute Gasteiger partial charge is 0.370 e. The van der Waals surface area contributed by atoms with Crippen LogP contribution in [-0.2, 0) is 27.6 Å². The van der Waals surface area contributed by atoms with Crippen molar-refractivity contribution >= 4 is 44.6 Å². The normalized spacial score (nSPS) is 11.6. The van der Waals surface area contributed by atoms with E-state index in [-0.39, 0.29) is 17.3 Å². The number of hydrogen-bond donors (Lipinski definition) is 3. The van der Waals surface area contributed by atoms with Gasteiger partial charge in [-0.2, -0.15) is 21.6 Å². The van der Waals surface area contributed by atoms with Crippen LogP contribution in [0.3, 0.4) is 0 Å². The molecule has 0 saturated heterocycles. The lowest BCUT2D eigenvalue weighted by atomic mass is 10.1. The molecule has 4 N–H and O–H groups in total. The predicted molar refractivity (Wildman–Crippen MR) is 111 cm³/mol. The maximum Gasteiger partial charge on any atom is 0.417 e. The van der Waals surface area contributed by atoms with E-state index in [1.807, 2.05) is 0 Å². The maximum atomic E-state index is 12.7. The Hall–Kier alpha value is -3.09. The molecule has 1 aromatic heterocycles. The number of rotatable bonds is 3. The summed E-state index contributed by atoms with van der Waals surface area (Å²) in [6, 6.07) is 7.79. The van der Waals surface area contributed by atoms with Crippen molar-refractivity contribution in [2.75, 3.05) is 0 Å². The summed E-state index contributed by atoms with van der Waals surface area (Å²) < 4.78 is 70.8. The molecule has 0 spiro atoms. The molecule has 3 rings (SSSR count). The molecule has 13 heteroatoms. The van der Waals surface area contributed by atoms with Crippen LogP contribution >= 0.6 is 11.6 Å². The number of nitrogens with one attached hydrogen (secondary N) is 1. The van der Waals surface area contributed by atoms with E-state index in [1.54, 1.807) is 0 Å². The first kappa shape index (κ1) is 25.2. The molecule has 1 heterocycles. The number of amides is 2. The number of nitrogens with two attached hydrogens (primary N) is 1. The van der Waals surface area contributed by atoms with Gasteiger partial charge in [-0.25, -0.2) is 4.79 Å². The van der Waals surface area contributed by atoms with Gasteiger partial charge >= 0.3 is 12.2 Å². The van der Waals surface area contributed by atoms with Gasteiger partial charge in [0, 0.05) is 25.1 Å². The second-order valence-corrected chi connectivity index (χ2v) is 8.29. The third kappa shape index (κ3) is 6.45. The van der Waals surface area contributed by atoms with E-state index in [2.05, 4.69) is 11.1 Å². The topological polar surface area (TPSA) is 131 Å². The maximum absolute atomic E-state index is 12.7. The highest BCUT2D eigenvalue weighted by Gasteiger charge is 2.33. The molecule has 0 unspecified atom stereocenters. The van der Waals surface area contributed by atoms with E-state index >= 15 is 0 Å². The lowest BCUT2D eigenvalue weighted by Crippen LogP contribution is -2.27. The Labute approximate surface area is 185 Å². The number of fused-ring (bicyclic) bond motifs is 1. The third-order valence-electron chi connectivity index (χ3n) is 3.96. The minimum Gasteiger partial charge on any atom is -0.370 e. The van der Waals surface area contributed by atoms with Crippen LogP contribution in [0.5, 0.6) is 0 Å². The number of alkyl halides is 3. The zero-order valence-corrected chi connectivity index (χ0v) is 17.9. The molecule has 0 saturated carbocycles. The summed E-state index contributed by atoms with van der Waals surface area (Å²) >= 11 is 5.65. The average Bonchev–Trinajstić information content (AvgIpc) is 3.07. The van der Waals surface area contributed by atoms with Crippen LogP contribution in [0.15, 0.2) is 53.6 Å². The first-order valence-corrected chi connectivity index (χ1v) is 10.5. The predicted octanol–water partition coefficient (Wildman–Crippen LogP) is 3.81. The van der Waals surface area contributed by atoms with E-state index in [9.17, 15) is 31.2 Å². The number of aromatic nitrogens is 1. The molecule has 2 aromatic carbocycles. The molecule has 32 heavy (non-hydrogen) atoms. The van der Waals surface area contributed by atoms with Crippen molar-refractivity contribution in [3.63, 3.8) is 0 Å². The number of nitrogens with zero attached hydrogens (tertiary/aromatic N) is 1. The number of carbonyl (C=O) groups excluding carboxylic acids is 2. The van der Waals surface area contributed by atoms with Gasteiger partial charge in [-0.15, -0.1) is 0 Å². The zero-order valence-electron chi connectivity index (χ0n) is 16.4. The first-order chi connectivity index (χ1) is 14.7. The Morgan fingerprint density at radius 3 is 2.31 bits per heavy atom. The number of benzene rings is 2. The standard InChI is InChI=1S/C17H12ClF3N2O4S.C2H5NO/c18-14-7-10(1-3-13(14)17(19,20)21)9-22-16(24)23-6-5-11-8-12(28(25,26)27)2-4-15(11)23;1-2(3)4/h1-8H,9H2,(H,22,24)(H,25,26,27);1H3,(H2,3,4). The van der Waals surface area contributed by atoms with Gasteiger partial charge in [-0.05, 0) is 42.0 Å². The van der Waals surface area contributed by atoms with E-state index in [0.29, 0.717) is 16.5 Å². The highest BCUT2D eigenvalue weighted by Crippen LogP contribution is 2.34. The molecule has 0 fully saturated rings. The minimum absolute atomic E-state index is 0.0700. The van der Waals surface area contributed by atoms with Crippen molar-refractivity contribution in [2.24, 2.45) is 5.73 Å². The van der Waals surface area contributed by atoms with E-state index in [0.717, 1.165) is 18.2 Å². The molecule has 172 valence electrons. The van der Waals surface area contributed by atoms with Gasteiger partial charge in [0.15, 0.2) is 0 Å². The summed E-state index contributed by atoms with van der Waals surface area (Å²) in [5.41, 5.74) is 4.27. The molecule has 0 radical (unpaired) electrons. The van der Waals surface area contributed by atoms with E-state index in [4.69, 9.17) is 16.2 Å². The molecule has 0 aliphatic carbocycles. The summed E-state index contributed by atoms with van der Waals surface area (Å²) in [4.78, 5) is 21.3. The SMILES string of the molecule is CC(N)=O.O=C(NCc1ccc(C(F)(F)F)c(Cl)c1)n1ccc2cc(S(=O)(=O)O)ccc21. The van der Waals surface area contributed by atoms with Gasteiger partial charge < -0.3 is 11.1 Å². The van der Waals surface area contributed by atoms with Crippen molar-refractivity contribution in [3.8, 4) is 0 Å². The van der Waals surface area contributed by atoms with Gasteiger partial charge in [-0.1, -0.05) is 17.7 Å². The van der Waals surface area contributed by atoms with Crippen molar-refractivity contribution in [1.29, 1.82) is 0 Å². The zero-order chi connectivity index (χ0) is 24.3. The van der Waals surface area contributed by atoms with Gasteiger partial charge in [-0.3, -0.25) is 13.9 Å². The summed E-state index contributed by atoms with van der Waals surface area (Å²) in [5, 5.41) is 2.48. The molecular weight excluding hydrogens is 475 g/mol. The Morgan fingerprint density at radius 1 is 1.16 bits per heavy atom. The molecule has 8 nitrogen and oxygen atoms in total. The number of carbonyl (C=O) groups is 2. The summed E-state index contributed by atoms with van der Waals surface area (Å²) in [7, 11) is -4.37. The van der Waals surface area contributed by atoms with Crippen LogP contribution in [-0.4, -0.2) is 29.5 Å². The highest BCUT2D eigenvalue weighted by atomic mass is 35.5. The van der Waals surface area contributed by atoms with Crippen LogP contribution in [0.1, 0.15) is 18.1 Å². The summed E-state index contributed by atoms with van der Waals surface area (Å²) in [6.07, 6.45) is -3.17. The van der Waals surface area contributed by atoms with Crippen LogP contribution in [0, 0.1) is 0 Å². The quantitative estimate of drug-likeness (QED) is 0.479. The minimum atomic E-state index is -4.57. The Balaban J connectivity index is 0.000000837. The molecule has 0 aliphatic heterocycles. The van der Waals surface area contributed by atoms with Crippen molar-refractivity contribution in [3.05, 3.63) is 64.8 Å². The largest absolute Gasteiger partial charge is 0.417 e. The van der Waals surface area contributed by atoms with E-state index < -0.39 is 32.9 Å². The molecule has 3 aromatic rings. The lowest BCUT2D eigenvalue weighted by Gasteiger charge is -2.11. The average molecular weight is 492 g/mol. The summed E-state index contributed by atoms with van der Waals surface area (Å²) in [5.74, 6) is -0.333. The van der Waals surface area contributed by atoms with E-state index in [1.165, 1.54) is 42.0 Å². The molecular formula is C19H17ClF3N3O5S. The molecule has 0 bridgehead atoms. The van der Waals surface area contributed by atoms with Crippen molar-refractivity contribution in [1.82, 2.24) is 9.88 Å². The third-order valence-corrected chi connectivity index (χ3v) is 5.12. The Bertz CT molecular complexity index is 1270. The first-order valence-electron chi connectivity index (χ1n) is 8.68. The van der Waals surface area contributed by atoms with Crippen molar-refractivity contribution in [2.45, 2.75) is 24.5 Å². The van der Waals surface area contributed by atoms with Gasteiger partial charge in [0.05, 0.1) is 21.0 Å². The molecule has 0 aliphatic rings. The fourth-order valence-corrected chi connectivity index (χ4v) is 3.45. The number of hydrogen-bond acceptors (Lipinski definition) is 4. The fraction of sp³-hybridized carbons (Fsp3) is 0.158. The molecule has 0 atom stereocenters. The highest BCUT2D eigenvalue weighted by molar-refractivity contribution is 7.85. The van der Waals surface area contributed by atoms with Crippen LogP contribution in [0.4, 0.5) is 18.0 Å². The van der Waals surface area contributed by atoms with Crippen molar-refractivity contribution < 1.29 is 35.7 Å². The van der Waals surface area contributed by atoms with Crippen LogP contribution < -0.4 is 11.1 Å². The number of primary amides is 1. The molecule has 2 amide bonds. The fourth-order valence-electron chi connectivity index (χ4n) is 2.62. The number of halogens is 4. The Morgan fingerprint density at radius 2 is 1.78 bits per heavy atom. The van der Waals surface area contributed by atoms with Crippen LogP contribution in [0.25, 0.3) is 10.9 Å². The Kier molecular flexibility index (Phi) is 7.54.